The number of hydrogen-bond donors (Lipinski definition) is 2. The van der Waals surface area contributed by atoms with Gasteiger partial charge in [-0.2, -0.15) is 0 Å². The third kappa shape index (κ3) is 39.4. The van der Waals surface area contributed by atoms with Crippen LogP contribution in [-0.4, -0.2) is 56.3 Å². The highest BCUT2D eigenvalue weighted by atomic mass is 31.2. The molecular weight excluding hydrogens is 701 g/mol. The Morgan fingerprint density at radius 2 is 1.06 bits per heavy atom. The number of allylic oxidation sites excluding steroid dienone is 10. The summed E-state index contributed by atoms with van der Waals surface area (Å²) in [5, 5.41) is 2.82. The van der Waals surface area contributed by atoms with Crippen molar-refractivity contribution in [1.29, 1.82) is 0 Å². The Balaban J connectivity index is 4.29. The summed E-state index contributed by atoms with van der Waals surface area (Å²) in [6.07, 6.45) is 45.5. The Labute approximate surface area is 330 Å². The van der Waals surface area contributed by atoms with Crippen LogP contribution in [-0.2, 0) is 32.7 Å². The van der Waals surface area contributed by atoms with Crippen LogP contribution >= 0.6 is 7.82 Å². The van der Waals surface area contributed by atoms with Crippen LogP contribution < -0.4 is 5.32 Å². The number of likely N-dealkylation sites (N-methyl/N-ethyl adjacent to an activating group) is 1. The standard InChI is InChI=1S/C44H78NO8P/c1-4-6-8-10-12-14-16-18-19-20-21-22-23-25-26-28-30-32-34-36-43(46)50-40-42(41-52-54(48,49)51-39-38-45-3)53-44(47)37-35-33-31-29-27-24-17-15-13-11-9-7-5-2/h6,8,12,14,18-19,21-22,25-26,42,45H,4-5,7,9-11,13,15-17,20,23-24,27-41H2,1-3H3,(H,48,49)/b8-6-,14-12-,19-18-,22-21-,26-25-. The third-order valence-corrected chi connectivity index (χ3v) is 9.64. The number of rotatable bonds is 39. The predicted octanol–water partition coefficient (Wildman–Crippen LogP) is 12.0. The van der Waals surface area contributed by atoms with Gasteiger partial charge in [-0.1, -0.05) is 158 Å². The summed E-state index contributed by atoms with van der Waals surface area (Å²) in [7, 11) is -2.66. The van der Waals surface area contributed by atoms with Crippen LogP contribution in [0.4, 0.5) is 0 Å². The highest BCUT2D eigenvalue weighted by Gasteiger charge is 2.26. The van der Waals surface area contributed by atoms with E-state index in [1.54, 1.807) is 7.05 Å². The van der Waals surface area contributed by atoms with Crippen molar-refractivity contribution in [3.8, 4) is 0 Å². The number of phosphoric acid groups is 1. The van der Waals surface area contributed by atoms with Gasteiger partial charge in [-0.15, -0.1) is 0 Å². The quantitative estimate of drug-likeness (QED) is 0.0272. The molecule has 10 heteroatoms. The molecule has 2 N–H and O–H groups in total. The molecule has 0 saturated carbocycles. The summed E-state index contributed by atoms with van der Waals surface area (Å²) in [6.45, 7) is 4.06. The molecule has 0 saturated heterocycles. The van der Waals surface area contributed by atoms with Gasteiger partial charge in [0, 0.05) is 19.4 Å². The maximum Gasteiger partial charge on any atom is 0.472 e. The fourth-order valence-electron chi connectivity index (χ4n) is 5.46. The van der Waals surface area contributed by atoms with Gasteiger partial charge in [0.1, 0.15) is 6.61 Å². The van der Waals surface area contributed by atoms with Gasteiger partial charge in [0.15, 0.2) is 6.10 Å². The highest BCUT2D eigenvalue weighted by Crippen LogP contribution is 2.43. The van der Waals surface area contributed by atoms with Crippen molar-refractivity contribution in [2.75, 3.05) is 33.4 Å². The van der Waals surface area contributed by atoms with E-state index in [0.717, 1.165) is 64.2 Å². The summed E-state index contributed by atoms with van der Waals surface area (Å²) < 4.78 is 33.1. The molecule has 0 amide bonds. The molecular formula is C44H78NO8P. The van der Waals surface area contributed by atoms with Crippen molar-refractivity contribution in [2.45, 2.75) is 174 Å². The number of unbranched alkanes of at least 4 members (excludes halogenated alkanes) is 15. The first-order chi connectivity index (χ1) is 26.3. The Morgan fingerprint density at radius 3 is 1.57 bits per heavy atom. The number of ether oxygens (including phenoxy) is 2. The fourth-order valence-corrected chi connectivity index (χ4v) is 6.21. The number of nitrogens with one attached hydrogen (secondary N) is 1. The number of carbonyl (C=O) groups excluding carboxylic acids is 2. The second-order valence-electron chi connectivity index (χ2n) is 13.8. The zero-order valence-corrected chi connectivity index (χ0v) is 35.3. The number of esters is 2. The van der Waals surface area contributed by atoms with Gasteiger partial charge < -0.3 is 19.7 Å². The molecule has 54 heavy (non-hydrogen) atoms. The molecule has 0 aliphatic rings. The van der Waals surface area contributed by atoms with E-state index in [1.165, 1.54) is 64.2 Å². The topological polar surface area (TPSA) is 120 Å². The van der Waals surface area contributed by atoms with E-state index in [1.807, 2.05) is 0 Å². The van der Waals surface area contributed by atoms with E-state index >= 15 is 0 Å². The van der Waals surface area contributed by atoms with Gasteiger partial charge in [-0.3, -0.25) is 18.6 Å². The molecule has 9 nitrogen and oxygen atoms in total. The van der Waals surface area contributed by atoms with Crippen molar-refractivity contribution >= 4 is 19.8 Å². The van der Waals surface area contributed by atoms with Gasteiger partial charge >= 0.3 is 19.8 Å². The molecule has 0 heterocycles. The van der Waals surface area contributed by atoms with Crippen molar-refractivity contribution in [1.82, 2.24) is 5.32 Å². The average Bonchev–Trinajstić information content (AvgIpc) is 3.15. The first-order valence-electron chi connectivity index (χ1n) is 21.2. The predicted molar refractivity (Wildman–Crippen MR) is 224 cm³/mol. The van der Waals surface area contributed by atoms with Crippen LogP contribution in [0.3, 0.4) is 0 Å². The lowest BCUT2D eigenvalue weighted by atomic mass is 10.0. The van der Waals surface area contributed by atoms with Gasteiger partial charge in [0.05, 0.1) is 13.2 Å². The maximum atomic E-state index is 12.6. The lowest BCUT2D eigenvalue weighted by Gasteiger charge is -2.20. The summed E-state index contributed by atoms with van der Waals surface area (Å²) in [4.78, 5) is 35.0. The first-order valence-corrected chi connectivity index (χ1v) is 22.7. The van der Waals surface area contributed by atoms with Gasteiger partial charge in [-0.25, -0.2) is 4.57 Å². The van der Waals surface area contributed by atoms with Crippen molar-refractivity contribution < 1.29 is 37.6 Å². The van der Waals surface area contributed by atoms with E-state index in [0.29, 0.717) is 19.4 Å². The number of carbonyl (C=O) groups is 2. The highest BCUT2D eigenvalue weighted by molar-refractivity contribution is 7.47. The molecule has 2 atom stereocenters. The molecule has 0 aromatic rings. The SMILES string of the molecule is CC/C=C\C/C=C\C/C=C\C/C=C\C/C=C\CCCCCC(=O)OCC(COP(=O)(O)OCCNC)OC(=O)CCCCCCCCCCCCCCC. The molecule has 0 aliphatic carbocycles. The summed E-state index contributed by atoms with van der Waals surface area (Å²) in [6, 6.07) is 0. The van der Waals surface area contributed by atoms with Crippen LogP contribution in [0.25, 0.3) is 0 Å². The van der Waals surface area contributed by atoms with E-state index < -0.39 is 32.5 Å². The second-order valence-corrected chi connectivity index (χ2v) is 15.2. The van der Waals surface area contributed by atoms with Crippen LogP contribution in [0, 0.1) is 0 Å². The maximum absolute atomic E-state index is 12.6. The Kier molecular flexibility index (Phi) is 38.7. The third-order valence-electron chi connectivity index (χ3n) is 8.65. The van der Waals surface area contributed by atoms with Crippen LogP contribution in [0.5, 0.6) is 0 Å². The molecule has 0 bridgehead atoms. The molecule has 0 fully saturated rings. The van der Waals surface area contributed by atoms with Crippen molar-refractivity contribution in [3.05, 3.63) is 60.8 Å². The van der Waals surface area contributed by atoms with Crippen LogP contribution in [0.1, 0.15) is 168 Å². The van der Waals surface area contributed by atoms with Crippen LogP contribution in [0.15, 0.2) is 60.8 Å². The van der Waals surface area contributed by atoms with Crippen molar-refractivity contribution in [2.24, 2.45) is 0 Å². The Morgan fingerprint density at radius 1 is 0.593 bits per heavy atom. The fraction of sp³-hybridized carbons (Fsp3) is 0.727. The molecule has 0 aromatic heterocycles. The van der Waals surface area contributed by atoms with E-state index in [-0.39, 0.29) is 26.1 Å². The molecule has 0 aromatic carbocycles. The molecule has 0 rings (SSSR count). The minimum absolute atomic E-state index is 0.0240. The smallest absolute Gasteiger partial charge is 0.462 e. The normalized spacial score (nSPS) is 13.9. The average molecular weight is 780 g/mol. The lowest BCUT2D eigenvalue weighted by Crippen LogP contribution is -2.29. The lowest BCUT2D eigenvalue weighted by molar-refractivity contribution is -0.161. The largest absolute Gasteiger partial charge is 0.472 e. The zero-order chi connectivity index (χ0) is 39.6. The zero-order valence-electron chi connectivity index (χ0n) is 34.4. The monoisotopic (exact) mass is 780 g/mol. The number of phosphoric ester groups is 1. The van der Waals surface area contributed by atoms with Crippen LogP contribution in [0.2, 0.25) is 0 Å². The molecule has 0 spiro atoms. The van der Waals surface area contributed by atoms with Gasteiger partial charge in [0.25, 0.3) is 0 Å². The summed E-state index contributed by atoms with van der Waals surface area (Å²) >= 11 is 0. The van der Waals surface area contributed by atoms with Gasteiger partial charge in [0.2, 0.25) is 0 Å². The minimum Gasteiger partial charge on any atom is -0.462 e. The number of hydrogen-bond acceptors (Lipinski definition) is 8. The van der Waals surface area contributed by atoms with E-state index in [4.69, 9.17) is 18.5 Å². The Hall–Kier alpha value is -2.29. The molecule has 0 radical (unpaired) electrons. The molecule has 2 unspecified atom stereocenters. The first kappa shape index (κ1) is 51.7. The summed E-state index contributed by atoms with van der Waals surface area (Å²) in [5.41, 5.74) is 0. The van der Waals surface area contributed by atoms with Crippen molar-refractivity contribution in [3.63, 3.8) is 0 Å². The molecule has 312 valence electrons. The second kappa shape index (κ2) is 40.4. The van der Waals surface area contributed by atoms with E-state index in [9.17, 15) is 19.0 Å². The van der Waals surface area contributed by atoms with E-state index in [2.05, 4.69) is 79.9 Å². The Bertz CT molecular complexity index is 1070. The summed E-state index contributed by atoms with van der Waals surface area (Å²) in [5.74, 6) is -0.846. The van der Waals surface area contributed by atoms with Gasteiger partial charge in [-0.05, 0) is 64.8 Å². The molecule has 0 aliphatic heterocycles. The minimum atomic E-state index is -4.36.